The number of hydrogen-bond acceptors (Lipinski definition) is 4. The van der Waals surface area contributed by atoms with Gasteiger partial charge in [-0.05, 0) is 25.7 Å². The molecule has 2 rings (SSSR count). The van der Waals surface area contributed by atoms with E-state index in [1.807, 2.05) is 0 Å². The highest BCUT2D eigenvalue weighted by Crippen LogP contribution is 2.24. The van der Waals surface area contributed by atoms with Crippen LogP contribution in [0.1, 0.15) is 43.1 Å². The van der Waals surface area contributed by atoms with Crippen molar-refractivity contribution in [3.8, 4) is 0 Å². The fourth-order valence-electron chi connectivity index (χ4n) is 2.61. The van der Waals surface area contributed by atoms with Crippen molar-refractivity contribution in [1.82, 2.24) is 15.3 Å². The number of hydrogen-bond donors (Lipinski definition) is 1. The molecule has 0 bridgehead atoms. The van der Waals surface area contributed by atoms with Gasteiger partial charge in [-0.1, -0.05) is 13.0 Å². The highest BCUT2D eigenvalue weighted by Gasteiger charge is 2.22. The van der Waals surface area contributed by atoms with Crippen LogP contribution in [-0.4, -0.2) is 35.0 Å². The van der Waals surface area contributed by atoms with E-state index in [9.17, 15) is 4.79 Å². The van der Waals surface area contributed by atoms with Crippen molar-refractivity contribution in [2.24, 2.45) is 0 Å². The number of nitrogens with zero attached hydrogens (tertiary/aromatic N) is 3. The van der Waals surface area contributed by atoms with Gasteiger partial charge in [-0.3, -0.25) is 4.79 Å². The van der Waals surface area contributed by atoms with Crippen LogP contribution in [0, 0.1) is 0 Å². The summed E-state index contributed by atoms with van der Waals surface area (Å²) in [6.07, 6.45) is 7.86. The molecule has 1 N–H and O–H groups in total. The van der Waals surface area contributed by atoms with Gasteiger partial charge in [0.15, 0.2) is 0 Å². The van der Waals surface area contributed by atoms with Gasteiger partial charge in [0.2, 0.25) is 0 Å². The van der Waals surface area contributed by atoms with Gasteiger partial charge in [-0.15, -0.1) is 6.58 Å². The maximum Gasteiger partial charge on any atom is 0.270 e. The highest BCUT2D eigenvalue weighted by molar-refractivity contribution is 5.92. The Morgan fingerprint density at radius 1 is 1.55 bits per heavy atom. The van der Waals surface area contributed by atoms with E-state index in [4.69, 9.17) is 0 Å². The van der Waals surface area contributed by atoms with E-state index < -0.39 is 0 Å². The number of piperidine rings is 1. The normalized spacial score (nSPS) is 18.6. The average Bonchev–Trinajstić information content (AvgIpc) is 2.52. The van der Waals surface area contributed by atoms with Crippen LogP contribution in [0.15, 0.2) is 25.0 Å². The summed E-state index contributed by atoms with van der Waals surface area (Å²) >= 11 is 0. The number of nitrogens with one attached hydrogen (secondary N) is 1. The first-order valence-corrected chi connectivity index (χ1v) is 7.24. The lowest BCUT2D eigenvalue weighted by atomic mass is 10.00. The molecule has 1 amide bonds. The first kappa shape index (κ1) is 14.5. The molecule has 0 spiro atoms. The molecule has 1 aliphatic heterocycles. The van der Waals surface area contributed by atoms with Gasteiger partial charge in [0.1, 0.15) is 17.8 Å². The van der Waals surface area contributed by atoms with E-state index in [0.29, 0.717) is 18.3 Å². The van der Waals surface area contributed by atoms with Gasteiger partial charge < -0.3 is 10.2 Å². The topological polar surface area (TPSA) is 58.1 Å². The lowest BCUT2D eigenvalue weighted by Gasteiger charge is -2.36. The molecule has 1 atom stereocenters. The summed E-state index contributed by atoms with van der Waals surface area (Å²) in [6.45, 7) is 7.23. The summed E-state index contributed by atoms with van der Waals surface area (Å²) in [5.41, 5.74) is 0.414. The quantitative estimate of drug-likeness (QED) is 0.836. The summed E-state index contributed by atoms with van der Waals surface area (Å²) in [5.74, 6) is 0.675. The third-order valence-corrected chi connectivity index (χ3v) is 3.68. The third kappa shape index (κ3) is 3.35. The molecule has 20 heavy (non-hydrogen) atoms. The molecule has 0 radical (unpaired) electrons. The number of anilines is 1. The lowest BCUT2D eigenvalue weighted by Crippen LogP contribution is -2.40. The minimum absolute atomic E-state index is 0.182. The standard InChI is InChI=1S/C15H22N4O/c1-3-8-16-15(20)13-10-14(18-11-17-13)19-9-6-5-7-12(19)4-2/h3,10-12H,1,4-9H2,2H3,(H,16,20). The van der Waals surface area contributed by atoms with Gasteiger partial charge in [0.05, 0.1) is 0 Å². The summed E-state index contributed by atoms with van der Waals surface area (Å²) < 4.78 is 0. The second kappa shape index (κ2) is 7.03. The largest absolute Gasteiger partial charge is 0.354 e. The minimum Gasteiger partial charge on any atom is -0.354 e. The van der Waals surface area contributed by atoms with E-state index in [1.165, 1.54) is 25.6 Å². The zero-order chi connectivity index (χ0) is 14.4. The van der Waals surface area contributed by atoms with Crippen molar-refractivity contribution in [3.05, 3.63) is 30.7 Å². The Kier molecular flexibility index (Phi) is 5.09. The van der Waals surface area contributed by atoms with Crippen molar-refractivity contribution in [2.45, 2.75) is 38.6 Å². The third-order valence-electron chi connectivity index (χ3n) is 3.68. The fraction of sp³-hybridized carbons (Fsp3) is 0.533. The molecule has 108 valence electrons. The molecule has 1 aliphatic rings. The lowest BCUT2D eigenvalue weighted by molar-refractivity contribution is 0.0953. The Bertz CT molecular complexity index is 475. The molecular weight excluding hydrogens is 252 g/mol. The molecule has 5 nitrogen and oxygen atoms in total. The first-order chi connectivity index (χ1) is 9.76. The molecule has 1 aromatic heterocycles. The predicted octanol–water partition coefficient (Wildman–Crippen LogP) is 2.16. The number of carbonyl (C=O) groups is 1. The molecule has 1 aromatic rings. The van der Waals surface area contributed by atoms with Gasteiger partial charge >= 0.3 is 0 Å². The maximum atomic E-state index is 11.9. The van der Waals surface area contributed by atoms with Crippen LogP contribution in [0.5, 0.6) is 0 Å². The molecule has 1 saturated heterocycles. The molecule has 0 aliphatic carbocycles. The number of aromatic nitrogens is 2. The number of carbonyl (C=O) groups excluding carboxylic acids is 1. The fourth-order valence-corrected chi connectivity index (χ4v) is 2.61. The van der Waals surface area contributed by atoms with E-state index in [1.54, 1.807) is 12.1 Å². The van der Waals surface area contributed by atoms with Gasteiger partial charge in [-0.25, -0.2) is 9.97 Å². The minimum atomic E-state index is -0.182. The van der Waals surface area contributed by atoms with Gasteiger partial charge in [0, 0.05) is 25.2 Å². The van der Waals surface area contributed by atoms with Crippen LogP contribution in [0.2, 0.25) is 0 Å². The molecule has 1 fully saturated rings. The van der Waals surface area contributed by atoms with Crippen LogP contribution < -0.4 is 10.2 Å². The van der Waals surface area contributed by atoms with Crippen LogP contribution in [0.25, 0.3) is 0 Å². The highest BCUT2D eigenvalue weighted by atomic mass is 16.1. The Balaban J connectivity index is 2.15. The molecule has 5 heteroatoms. The van der Waals surface area contributed by atoms with Crippen LogP contribution in [0.4, 0.5) is 5.82 Å². The van der Waals surface area contributed by atoms with E-state index >= 15 is 0 Å². The SMILES string of the molecule is C=CCNC(=O)c1cc(N2CCCCC2CC)ncn1. The number of rotatable bonds is 5. The summed E-state index contributed by atoms with van der Waals surface area (Å²) in [6, 6.07) is 2.30. The van der Waals surface area contributed by atoms with Crippen molar-refractivity contribution in [1.29, 1.82) is 0 Å². The van der Waals surface area contributed by atoms with E-state index in [2.05, 4.69) is 33.7 Å². The predicted molar refractivity (Wildman–Crippen MR) is 79.8 cm³/mol. The first-order valence-electron chi connectivity index (χ1n) is 7.24. The summed E-state index contributed by atoms with van der Waals surface area (Å²) in [5, 5.41) is 2.74. The van der Waals surface area contributed by atoms with Crippen molar-refractivity contribution >= 4 is 11.7 Å². The van der Waals surface area contributed by atoms with E-state index in [-0.39, 0.29) is 5.91 Å². The number of amides is 1. The summed E-state index contributed by atoms with van der Waals surface area (Å²) in [7, 11) is 0. The Labute approximate surface area is 120 Å². The van der Waals surface area contributed by atoms with E-state index in [0.717, 1.165) is 18.8 Å². The smallest absolute Gasteiger partial charge is 0.270 e. The average molecular weight is 274 g/mol. The maximum absolute atomic E-state index is 11.9. The Hall–Kier alpha value is -1.91. The monoisotopic (exact) mass is 274 g/mol. The zero-order valence-electron chi connectivity index (χ0n) is 12.0. The molecular formula is C15H22N4O. The summed E-state index contributed by atoms with van der Waals surface area (Å²) in [4.78, 5) is 22.6. The molecule has 2 heterocycles. The second-order valence-corrected chi connectivity index (χ2v) is 5.01. The Morgan fingerprint density at radius 3 is 3.15 bits per heavy atom. The van der Waals surface area contributed by atoms with Crippen LogP contribution >= 0.6 is 0 Å². The molecule has 0 aromatic carbocycles. The van der Waals surface area contributed by atoms with Crippen molar-refractivity contribution in [2.75, 3.05) is 18.0 Å². The Morgan fingerprint density at radius 2 is 2.40 bits per heavy atom. The van der Waals surface area contributed by atoms with Crippen molar-refractivity contribution in [3.63, 3.8) is 0 Å². The van der Waals surface area contributed by atoms with Gasteiger partial charge in [-0.2, -0.15) is 0 Å². The molecule has 0 saturated carbocycles. The van der Waals surface area contributed by atoms with Crippen molar-refractivity contribution < 1.29 is 4.79 Å². The second-order valence-electron chi connectivity index (χ2n) is 5.01. The van der Waals surface area contributed by atoms with Gasteiger partial charge in [0.25, 0.3) is 5.91 Å². The van der Waals surface area contributed by atoms with Crippen LogP contribution in [-0.2, 0) is 0 Å². The molecule has 1 unspecified atom stereocenters. The zero-order valence-corrected chi connectivity index (χ0v) is 12.0. The van der Waals surface area contributed by atoms with Crippen LogP contribution in [0.3, 0.4) is 0 Å².